The Balaban J connectivity index is 1.62. The summed E-state index contributed by atoms with van der Waals surface area (Å²) in [7, 11) is 0. The quantitative estimate of drug-likeness (QED) is 0.839. The molecule has 0 bridgehead atoms. The predicted molar refractivity (Wildman–Crippen MR) is 110 cm³/mol. The maximum atomic E-state index is 9.72. The Labute approximate surface area is 162 Å². The van der Waals surface area contributed by atoms with Crippen molar-refractivity contribution in [2.75, 3.05) is 50.7 Å². The number of aromatic nitrogens is 1. The first kappa shape index (κ1) is 18.2. The molecule has 5 heteroatoms. The molecule has 0 saturated carbocycles. The number of hydrogen-bond acceptors (Lipinski definition) is 5. The van der Waals surface area contributed by atoms with E-state index in [1.54, 1.807) is 6.20 Å². The van der Waals surface area contributed by atoms with E-state index in [0.717, 1.165) is 49.3 Å². The number of nitriles is 1. The zero-order chi connectivity index (χ0) is 19.0. The lowest BCUT2D eigenvalue weighted by Gasteiger charge is -2.37. The van der Waals surface area contributed by atoms with Gasteiger partial charge >= 0.3 is 0 Å². The topological polar surface area (TPSA) is 46.4 Å². The normalized spacial score (nSPS) is 21.7. The second kappa shape index (κ2) is 7.46. The summed E-state index contributed by atoms with van der Waals surface area (Å²) in [6.07, 6.45) is 2.93. The molecule has 3 heterocycles. The van der Waals surface area contributed by atoms with Crippen molar-refractivity contribution in [1.82, 2.24) is 14.8 Å². The Kier molecular flexibility index (Phi) is 5.03. The molecular weight excluding hydrogens is 334 g/mol. The maximum Gasteiger partial charge on any atom is 0.103 e. The molecule has 4 rings (SSSR count). The molecule has 2 aliphatic rings. The van der Waals surface area contributed by atoms with Gasteiger partial charge < -0.3 is 9.80 Å². The summed E-state index contributed by atoms with van der Waals surface area (Å²) in [4.78, 5) is 12.2. The molecule has 2 fully saturated rings. The number of likely N-dealkylation sites (N-methyl/N-ethyl adjacent to an activating group) is 1. The van der Waals surface area contributed by atoms with E-state index in [2.05, 4.69) is 58.7 Å². The van der Waals surface area contributed by atoms with Crippen LogP contribution in [-0.4, -0.2) is 66.6 Å². The summed E-state index contributed by atoms with van der Waals surface area (Å²) in [5.41, 5.74) is 5.22. The van der Waals surface area contributed by atoms with Crippen LogP contribution in [0.1, 0.15) is 30.0 Å². The van der Waals surface area contributed by atoms with E-state index in [1.165, 1.54) is 30.6 Å². The minimum absolute atomic E-state index is 0.588. The van der Waals surface area contributed by atoms with Crippen LogP contribution in [0.4, 0.5) is 5.69 Å². The zero-order valence-electron chi connectivity index (χ0n) is 16.7. The molecule has 1 unspecified atom stereocenters. The molecule has 0 spiro atoms. The van der Waals surface area contributed by atoms with Crippen LogP contribution in [0.15, 0.2) is 18.3 Å². The van der Waals surface area contributed by atoms with Gasteiger partial charge in [0.05, 0.1) is 16.8 Å². The Morgan fingerprint density at radius 1 is 1.15 bits per heavy atom. The highest BCUT2D eigenvalue weighted by molar-refractivity contribution is 5.96. The van der Waals surface area contributed by atoms with Crippen LogP contribution in [0.3, 0.4) is 0 Å². The lowest BCUT2D eigenvalue weighted by molar-refractivity contribution is 0.107. The first-order valence-electron chi connectivity index (χ1n) is 10.1. The van der Waals surface area contributed by atoms with Crippen LogP contribution in [-0.2, 0) is 0 Å². The van der Waals surface area contributed by atoms with Crippen molar-refractivity contribution in [3.8, 4) is 6.07 Å². The first-order chi connectivity index (χ1) is 13.1. The molecule has 5 nitrogen and oxygen atoms in total. The molecule has 0 amide bonds. The van der Waals surface area contributed by atoms with Gasteiger partial charge in [-0.3, -0.25) is 9.88 Å². The summed E-state index contributed by atoms with van der Waals surface area (Å²) in [5.74, 6) is 0. The zero-order valence-corrected chi connectivity index (χ0v) is 16.7. The first-order valence-corrected chi connectivity index (χ1v) is 10.1. The van der Waals surface area contributed by atoms with Crippen molar-refractivity contribution in [1.29, 1.82) is 5.26 Å². The molecule has 2 aliphatic heterocycles. The fraction of sp³-hybridized carbons (Fsp3) is 0.545. The van der Waals surface area contributed by atoms with Gasteiger partial charge in [-0.1, -0.05) is 18.6 Å². The van der Waals surface area contributed by atoms with Gasteiger partial charge in [0.25, 0.3) is 0 Å². The Hall–Kier alpha value is -2.16. The predicted octanol–water partition coefficient (Wildman–Crippen LogP) is 2.94. The summed E-state index contributed by atoms with van der Waals surface area (Å²) in [6.45, 7) is 14.3. The molecule has 142 valence electrons. The van der Waals surface area contributed by atoms with Crippen molar-refractivity contribution in [3.63, 3.8) is 0 Å². The van der Waals surface area contributed by atoms with Crippen LogP contribution >= 0.6 is 0 Å². The molecule has 0 radical (unpaired) electrons. The number of pyridine rings is 1. The van der Waals surface area contributed by atoms with Crippen molar-refractivity contribution in [2.45, 2.75) is 33.2 Å². The monoisotopic (exact) mass is 363 g/mol. The van der Waals surface area contributed by atoms with Crippen molar-refractivity contribution in [3.05, 3.63) is 35.0 Å². The third kappa shape index (κ3) is 3.40. The molecule has 2 aromatic rings. The molecule has 1 atom stereocenters. The molecule has 0 N–H and O–H groups in total. The minimum Gasteiger partial charge on any atom is -0.368 e. The number of aryl methyl sites for hydroxylation is 2. The van der Waals surface area contributed by atoms with Gasteiger partial charge in [0.2, 0.25) is 0 Å². The lowest BCUT2D eigenvalue weighted by Crippen LogP contribution is -2.50. The van der Waals surface area contributed by atoms with Gasteiger partial charge in [0.1, 0.15) is 6.07 Å². The molecular formula is C22H29N5. The van der Waals surface area contributed by atoms with Crippen LogP contribution in [0.2, 0.25) is 0 Å². The summed E-state index contributed by atoms with van der Waals surface area (Å²) in [6, 6.07) is 7.34. The van der Waals surface area contributed by atoms with Gasteiger partial charge in [-0.2, -0.15) is 5.26 Å². The highest BCUT2D eigenvalue weighted by atomic mass is 15.3. The van der Waals surface area contributed by atoms with E-state index in [-0.39, 0.29) is 0 Å². The molecule has 1 aromatic heterocycles. The average molecular weight is 364 g/mol. The van der Waals surface area contributed by atoms with Crippen molar-refractivity contribution >= 4 is 16.6 Å². The number of benzene rings is 1. The van der Waals surface area contributed by atoms with E-state index in [0.29, 0.717) is 11.6 Å². The largest absolute Gasteiger partial charge is 0.368 e. The van der Waals surface area contributed by atoms with Crippen LogP contribution in [0.25, 0.3) is 10.9 Å². The summed E-state index contributed by atoms with van der Waals surface area (Å²) < 4.78 is 0. The van der Waals surface area contributed by atoms with Gasteiger partial charge in [-0.15, -0.1) is 0 Å². The average Bonchev–Trinajstić information content (AvgIpc) is 3.16. The number of nitrogens with zero attached hydrogens (tertiary/aromatic N) is 5. The fourth-order valence-corrected chi connectivity index (χ4v) is 4.76. The van der Waals surface area contributed by atoms with Crippen LogP contribution in [0, 0.1) is 25.2 Å². The molecule has 27 heavy (non-hydrogen) atoms. The number of piperazine rings is 1. The van der Waals surface area contributed by atoms with Gasteiger partial charge in [-0.25, -0.2) is 0 Å². The van der Waals surface area contributed by atoms with E-state index >= 15 is 0 Å². The van der Waals surface area contributed by atoms with Gasteiger partial charge in [0.15, 0.2) is 0 Å². The Bertz CT molecular complexity index is 876. The SMILES string of the molecule is CCN1CCN(C2CCN(c3c(C#N)cnc4c(C)cc(C)cc34)C2)CC1. The Morgan fingerprint density at radius 3 is 2.63 bits per heavy atom. The fourth-order valence-electron chi connectivity index (χ4n) is 4.76. The molecule has 2 saturated heterocycles. The maximum absolute atomic E-state index is 9.72. The van der Waals surface area contributed by atoms with Gasteiger partial charge in [-0.05, 0) is 38.4 Å². The molecule has 0 aliphatic carbocycles. The van der Waals surface area contributed by atoms with Crippen LogP contribution in [0.5, 0.6) is 0 Å². The van der Waals surface area contributed by atoms with E-state index < -0.39 is 0 Å². The van der Waals surface area contributed by atoms with E-state index in [1.807, 2.05) is 0 Å². The molecule has 1 aromatic carbocycles. The summed E-state index contributed by atoms with van der Waals surface area (Å²) in [5, 5.41) is 10.8. The smallest absolute Gasteiger partial charge is 0.103 e. The van der Waals surface area contributed by atoms with Crippen LogP contribution < -0.4 is 4.90 Å². The highest BCUT2D eigenvalue weighted by Gasteiger charge is 2.31. The van der Waals surface area contributed by atoms with E-state index in [4.69, 9.17) is 0 Å². The number of anilines is 1. The summed E-state index contributed by atoms with van der Waals surface area (Å²) >= 11 is 0. The second-order valence-electron chi connectivity index (χ2n) is 7.97. The van der Waals surface area contributed by atoms with E-state index in [9.17, 15) is 5.26 Å². The third-order valence-electron chi connectivity index (χ3n) is 6.25. The highest BCUT2D eigenvalue weighted by Crippen LogP contribution is 2.34. The standard InChI is InChI=1S/C22H29N5/c1-4-25-7-9-26(10-8-25)19-5-6-27(15-19)22-18(13-23)14-24-21-17(3)11-16(2)12-20(21)22/h11-12,14,19H,4-10,15H2,1-3H3. The number of rotatable bonds is 3. The van der Waals surface area contributed by atoms with Crippen molar-refractivity contribution < 1.29 is 0 Å². The third-order valence-corrected chi connectivity index (χ3v) is 6.25. The van der Waals surface area contributed by atoms with Crippen molar-refractivity contribution in [2.24, 2.45) is 0 Å². The Morgan fingerprint density at radius 2 is 1.93 bits per heavy atom. The minimum atomic E-state index is 0.588. The van der Waals surface area contributed by atoms with Gasteiger partial charge in [0, 0.05) is 56.9 Å². The lowest BCUT2D eigenvalue weighted by atomic mass is 10.0. The second-order valence-corrected chi connectivity index (χ2v) is 7.97. The number of fused-ring (bicyclic) bond motifs is 1. The number of hydrogen-bond donors (Lipinski definition) is 0.